The van der Waals surface area contributed by atoms with Crippen molar-refractivity contribution in [1.82, 2.24) is 0 Å². The number of hydrogen-bond acceptors (Lipinski definition) is 2. The van der Waals surface area contributed by atoms with Crippen LogP contribution in [-0.2, 0) is 6.42 Å². The molecular formula is C11H14O2Si. The number of aldehydes is 1. The number of carbonyl (C=O) groups is 1. The standard InChI is InChI=1S/C11H14O2Si/c1-14(2,3)8-4-5-10-6-7-11(9-12)13-10/h6-7,9H,5H2,1-3H3. The van der Waals surface area contributed by atoms with Gasteiger partial charge in [-0.15, -0.1) is 11.5 Å². The Bertz CT molecular complexity index is 374. The topological polar surface area (TPSA) is 30.2 Å². The van der Waals surface area contributed by atoms with Crippen molar-refractivity contribution >= 4 is 14.4 Å². The van der Waals surface area contributed by atoms with Crippen LogP contribution in [-0.4, -0.2) is 14.4 Å². The van der Waals surface area contributed by atoms with E-state index in [9.17, 15) is 4.79 Å². The number of carbonyl (C=O) groups excluding carboxylic acids is 1. The molecule has 74 valence electrons. The minimum atomic E-state index is -1.28. The predicted molar refractivity (Wildman–Crippen MR) is 58.9 cm³/mol. The van der Waals surface area contributed by atoms with E-state index in [1.807, 2.05) is 0 Å². The smallest absolute Gasteiger partial charge is 0.185 e. The monoisotopic (exact) mass is 206 g/mol. The van der Waals surface area contributed by atoms with Crippen LogP contribution in [0.2, 0.25) is 19.6 Å². The third-order valence-electron chi connectivity index (χ3n) is 1.52. The fraction of sp³-hybridized carbons (Fsp3) is 0.364. The van der Waals surface area contributed by atoms with Crippen LogP contribution in [0.1, 0.15) is 16.3 Å². The molecule has 0 atom stereocenters. The third kappa shape index (κ3) is 3.63. The molecule has 0 bridgehead atoms. The van der Waals surface area contributed by atoms with Crippen LogP contribution in [0.3, 0.4) is 0 Å². The molecule has 0 fully saturated rings. The summed E-state index contributed by atoms with van der Waals surface area (Å²) >= 11 is 0. The average molecular weight is 206 g/mol. The van der Waals surface area contributed by atoms with Crippen LogP contribution in [0, 0.1) is 11.5 Å². The molecule has 3 heteroatoms. The number of rotatable bonds is 2. The van der Waals surface area contributed by atoms with Crippen molar-refractivity contribution < 1.29 is 9.21 Å². The molecule has 0 saturated heterocycles. The largest absolute Gasteiger partial charge is 0.457 e. The number of hydrogen-bond donors (Lipinski definition) is 0. The summed E-state index contributed by atoms with van der Waals surface area (Å²) in [6.07, 6.45) is 1.30. The van der Waals surface area contributed by atoms with E-state index in [2.05, 4.69) is 31.1 Å². The lowest BCUT2D eigenvalue weighted by atomic mass is 10.3. The van der Waals surface area contributed by atoms with Gasteiger partial charge in [-0.05, 0) is 12.1 Å². The Balaban J connectivity index is 2.60. The highest BCUT2D eigenvalue weighted by atomic mass is 28.3. The van der Waals surface area contributed by atoms with Crippen molar-refractivity contribution in [3.63, 3.8) is 0 Å². The molecule has 0 unspecified atom stereocenters. The zero-order valence-corrected chi connectivity index (χ0v) is 9.76. The lowest BCUT2D eigenvalue weighted by Crippen LogP contribution is -2.16. The highest BCUT2D eigenvalue weighted by molar-refractivity contribution is 6.83. The molecule has 0 saturated carbocycles. The van der Waals surface area contributed by atoms with E-state index >= 15 is 0 Å². The van der Waals surface area contributed by atoms with Gasteiger partial charge in [0, 0.05) is 0 Å². The van der Waals surface area contributed by atoms with Crippen molar-refractivity contribution in [3.8, 4) is 11.5 Å². The summed E-state index contributed by atoms with van der Waals surface area (Å²) in [5.41, 5.74) is 3.24. The Labute approximate surface area is 85.3 Å². The van der Waals surface area contributed by atoms with Crippen LogP contribution in [0.25, 0.3) is 0 Å². The van der Waals surface area contributed by atoms with Gasteiger partial charge in [0.2, 0.25) is 0 Å². The van der Waals surface area contributed by atoms with E-state index < -0.39 is 8.07 Å². The molecule has 1 aromatic rings. The van der Waals surface area contributed by atoms with Gasteiger partial charge in [0.15, 0.2) is 12.0 Å². The summed E-state index contributed by atoms with van der Waals surface area (Å²) in [6.45, 7) is 6.58. The van der Waals surface area contributed by atoms with Crippen molar-refractivity contribution in [2.75, 3.05) is 0 Å². The van der Waals surface area contributed by atoms with E-state index in [0.29, 0.717) is 18.5 Å². The Hall–Kier alpha value is -1.27. The predicted octanol–water partition coefficient (Wildman–Crippen LogP) is 2.52. The Morgan fingerprint density at radius 2 is 2.14 bits per heavy atom. The second kappa shape index (κ2) is 4.29. The summed E-state index contributed by atoms with van der Waals surface area (Å²) in [7, 11) is -1.28. The summed E-state index contributed by atoms with van der Waals surface area (Å²) in [5, 5.41) is 0. The van der Waals surface area contributed by atoms with Crippen LogP contribution >= 0.6 is 0 Å². The van der Waals surface area contributed by atoms with Crippen molar-refractivity contribution in [3.05, 3.63) is 23.7 Å². The van der Waals surface area contributed by atoms with Gasteiger partial charge in [0.05, 0.1) is 6.42 Å². The first-order valence-corrected chi connectivity index (χ1v) is 8.05. The highest BCUT2D eigenvalue weighted by Crippen LogP contribution is 2.06. The van der Waals surface area contributed by atoms with Crippen molar-refractivity contribution in [1.29, 1.82) is 0 Å². The summed E-state index contributed by atoms with van der Waals surface area (Å²) in [6, 6.07) is 3.46. The quantitative estimate of drug-likeness (QED) is 0.423. The number of furan rings is 1. The molecule has 0 amide bonds. The fourth-order valence-corrected chi connectivity index (χ4v) is 1.57. The maximum absolute atomic E-state index is 10.3. The zero-order chi connectivity index (χ0) is 10.6. The van der Waals surface area contributed by atoms with Crippen molar-refractivity contribution in [2.45, 2.75) is 26.1 Å². The van der Waals surface area contributed by atoms with Crippen LogP contribution in [0.15, 0.2) is 16.5 Å². The first-order chi connectivity index (χ1) is 6.51. The molecule has 1 aromatic heterocycles. The minimum Gasteiger partial charge on any atom is -0.457 e. The maximum Gasteiger partial charge on any atom is 0.185 e. The van der Waals surface area contributed by atoms with E-state index in [4.69, 9.17) is 4.42 Å². The second-order valence-corrected chi connectivity index (χ2v) is 8.90. The Kier molecular flexibility index (Phi) is 3.31. The van der Waals surface area contributed by atoms with E-state index in [1.54, 1.807) is 12.1 Å². The van der Waals surface area contributed by atoms with Gasteiger partial charge in [0.1, 0.15) is 13.8 Å². The lowest BCUT2D eigenvalue weighted by Gasteiger charge is -2.02. The molecule has 0 aliphatic heterocycles. The van der Waals surface area contributed by atoms with E-state index in [0.717, 1.165) is 5.76 Å². The highest BCUT2D eigenvalue weighted by Gasteiger charge is 2.07. The lowest BCUT2D eigenvalue weighted by molar-refractivity contribution is 0.109. The second-order valence-electron chi connectivity index (χ2n) is 4.15. The SMILES string of the molecule is C[Si](C)(C)C#CCc1ccc(C=O)o1. The molecule has 0 aliphatic carbocycles. The molecule has 0 radical (unpaired) electrons. The molecule has 0 aromatic carbocycles. The summed E-state index contributed by atoms with van der Waals surface area (Å²) in [5.74, 6) is 4.21. The normalized spacial score (nSPS) is 10.5. The van der Waals surface area contributed by atoms with Gasteiger partial charge in [-0.2, -0.15) is 0 Å². The van der Waals surface area contributed by atoms with Gasteiger partial charge < -0.3 is 4.42 Å². The summed E-state index contributed by atoms with van der Waals surface area (Å²) in [4.78, 5) is 10.3. The average Bonchev–Trinajstić information content (AvgIpc) is 2.50. The molecule has 1 heterocycles. The Morgan fingerprint density at radius 1 is 1.43 bits per heavy atom. The van der Waals surface area contributed by atoms with Gasteiger partial charge in [-0.3, -0.25) is 4.79 Å². The first-order valence-electron chi connectivity index (χ1n) is 4.55. The third-order valence-corrected chi connectivity index (χ3v) is 2.45. The van der Waals surface area contributed by atoms with Crippen molar-refractivity contribution in [2.24, 2.45) is 0 Å². The van der Waals surface area contributed by atoms with Gasteiger partial charge in [-0.25, -0.2) is 0 Å². The summed E-state index contributed by atoms with van der Waals surface area (Å²) < 4.78 is 5.19. The van der Waals surface area contributed by atoms with Crippen LogP contribution in [0.4, 0.5) is 0 Å². The Morgan fingerprint density at radius 3 is 2.64 bits per heavy atom. The minimum absolute atomic E-state index is 0.370. The van der Waals surface area contributed by atoms with Gasteiger partial charge in [-0.1, -0.05) is 19.6 Å². The van der Waals surface area contributed by atoms with Crippen LogP contribution in [0.5, 0.6) is 0 Å². The molecule has 0 N–H and O–H groups in total. The van der Waals surface area contributed by atoms with Crippen LogP contribution < -0.4 is 0 Å². The molecule has 14 heavy (non-hydrogen) atoms. The fourth-order valence-electron chi connectivity index (χ4n) is 0.949. The molecule has 1 rings (SSSR count). The molecule has 2 nitrogen and oxygen atoms in total. The molecule has 0 aliphatic rings. The van der Waals surface area contributed by atoms with E-state index in [1.165, 1.54) is 0 Å². The molecule has 0 spiro atoms. The van der Waals surface area contributed by atoms with E-state index in [-0.39, 0.29) is 0 Å². The molecular weight excluding hydrogens is 192 g/mol. The maximum atomic E-state index is 10.3. The van der Waals surface area contributed by atoms with Gasteiger partial charge >= 0.3 is 0 Å². The zero-order valence-electron chi connectivity index (χ0n) is 8.76. The van der Waals surface area contributed by atoms with Gasteiger partial charge in [0.25, 0.3) is 0 Å². The first kappa shape index (κ1) is 10.8.